The smallest absolute Gasteiger partial charge is 0.303 e. The molecule has 1 aromatic rings. The number of ether oxygens (including phenoxy) is 7. The number of thiocarbonyl (C=S) groups is 1. The Morgan fingerprint density at radius 3 is 2.05 bits per heavy atom. The van der Waals surface area contributed by atoms with E-state index in [9.17, 15) is 24.0 Å². The van der Waals surface area contributed by atoms with Crippen molar-refractivity contribution in [3.05, 3.63) is 28.7 Å². The van der Waals surface area contributed by atoms with E-state index in [0.717, 1.165) is 44.4 Å². The van der Waals surface area contributed by atoms with Gasteiger partial charge in [-0.15, -0.1) is 0 Å². The number of nitrogens with zero attached hydrogens (tertiary/aromatic N) is 1. The Balaban J connectivity index is 2.05. The fourth-order valence-corrected chi connectivity index (χ4v) is 5.52. The van der Waals surface area contributed by atoms with Crippen molar-refractivity contribution in [3.63, 3.8) is 0 Å². The van der Waals surface area contributed by atoms with Crippen molar-refractivity contribution in [2.24, 2.45) is 0 Å². The van der Waals surface area contributed by atoms with E-state index in [1.807, 2.05) is 0 Å². The maximum atomic E-state index is 13.7. The summed E-state index contributed by atoms with van der Waals surface area (Å²) in [6, 6.07) is 5.05. The number of carbonyl (C=O) groups is 5. The second kappa shape index (κ2) is 13.8. The van der Waals surface area contributed by atoms with Crippen molar-refractivity contribution >= 4 is 64.2 Å². The van der Waals surface area contributed by atoms with Crippen LogP contribution in [-0.4, -0.2) is 90.5 Å². The van der Waals surface area contributed by atoms with E-state index in [1.165, 1.54) is 14.2 Å². The van der Waals surface area contributed by atoms with E-state index < -0.39 is 67.0 Å². The number of carbonyl (C=O) groups excluding carboxylic acids is 5. The number of rotatable bonds is 9. The molecule has 0 radical (unpaired) electrons. The third-order valence-electron chi connectivity index (χ3n) is 5.75. The van der Waals surface area contributed by atoms with Crippen LogP contribution in [0.2, 0.25) is 0 Å². The van der Waals surface area contributed by atoms with Crippen molar-refractivity contribution in [3.8, 4) is 11.5 Å². The predicted molar refractivity (Wildman–Crippen MR) is 147 cm³/mol. The number of thioether (sulfide) groups is 1. The van der Waals surface area contributed by atoms with Gasteiger partial charge in [-0.2, -0.15) is 0 Å². The molecule has 2 fully saturated rings. The molecule has 0 spiro atoms. The molecule has 5 atom stereocenters. The Bertz CT molecular complexity index is 1260. The van der Waals surface area contributed by atoms with Gasteiger partial charge in [0.2, 0.25) is 0 Å². The molecule has 0 aromatic heterocycles. The van der Waals surface area contributed by atoms with E-state index in [1.54, 1.807) is 24.3 Å². The molecule has 0 aliphatic carbocycles. The van der Waals surface area contributed by atoms with Gasteiger partial charge in [-0.3, -0.25) is 28.9 Å². The van der Waals surface area contributed by atoms with Gasteiger partial charge in [0.25, 0.3) is 5.91 Å². The predicted octanol–water partition coefficient (Wildman–Crippen LogP) is 1.99. The van der Waals surface area contributed by atoms with E-state index in [2.05, 4.69) is 0 Å². The summed E-state index contributed by atoms with van der Waals surface area (Å²) in [6.45, 7) is 4.04. The Hall–Kier alpha value is -3.69. The van der Waals surface area contributed by atoms with Gasteiger partial charge in [0.15, 0.2) is 40.4 Å². The lowest BCUT2D eigenvalue weighted by molar-refractivity contribution is -0.268. The quantitative estimate of drug-likeness (QED) is 0.173. The summed E-state index contributed by atoms with van der Waals surface area (Å²) >= 11 is 6.46. The van der Waals surface area contributed by atoms with E-state index in [-0.39, 0.29) is 9.23 Å². The van der Waals surface area contributed by atoms with Crippen LogP contribution >= 0.6 is 24.0 Å². The lowest BCUT2D eigenvalue weighted by Gasteiger charge is -2.46. The highest BCUT2D eigenvalue weighted by molar-refractivity contribution is 8.26. The van der Waals surface area contributed by atoms with Crippen molar-refractivity contribution < 1.29 is 57.1 Å². The maximum Gasteiger partial charge on any atom is 0.303 e. The molecule has 222 valence electrons. The molecule has 15 heteroatoms. The van der Waals surface area contributed by atoms with Crippen molar-refractivity contribution in [1.29, 1.82) is 0 Å². The van der Waals surface area contributed by atoms with Crippen LogP contribution in [0.25, 0.3) is 6.08 Å². The first kappa shape index (κ1) is 31.8. The second-order valence-electron chi connectivity index (χ2n) is 8.76. The molecule has 2 aliphatic heterocycles. The number of hydrogen-bond donors (Lipinski definition) is 0. The lowest BCUT2D eigenvalue weighted by Crippen LogP contribution is -2.66. The molecule has 1 aromatic carbocycles. The van der Waals surface area contributed by atoms with E-state index in [4.69, 9.17) is 45.4 Å². The molecule has 0 N–H and O–H groups in total. The molecule has 2 saturated heterocycles. The van der Waals surface area contributed by atoms with Crippen molar-refractivity contribution in [2.75, 3.05) is 20.8 Å². The van der Waals surface area contributed by atoms with Gasteiger partial charge in [-0.05, 0) is 23.8 Å². The van der Waals surface area contributed by atoms with Crippen LogP contribution < -0.4 is 9.47 Å². The Morgan fingerprint density at radius 1 is 0.902 bits per heavy atom. The lowest BCUT2D eigenvalue weighted by atomic mass is 9.96. The van der Waals surface area contributed by atoms with Crippen LogP contribution in [0, 0.1) is 0 Å². The van der Waals surface area contributed by atoms with E-state index >= 15 is 0 Å². The number of amides is 1. The molecule has 0 unspecified atom stereocenters. The van der Waals surface area contributed by atoms with E-state index in [0.29, 0.717) is 17.1 Å². The molecule has 2 heterocycles. The number of methoxy groups -OCH3 is 2. The summed E-state index contributed by atoms with van der Waals surface area (Å²) in [6.07, 6.45) is -5.39. The summed E-state index contributed by atoms with van der Waals surface area (Å²) in [5.74, 6) is -2.70. The van der Waals surface area contributed by atoms with Crippen LogP contribution in [-0.2, 0) is 47.7 Å². The highest BCUT2D eigenvalue weighted by Crippen LogP contribution is 2.40. The minimum Gasteiger partial charge on any atom is -0.493 e. The molecule has 41 heavy (non-hydrogen) atoms. The highest BCUT2D eigenvalue weighted by Gasteiger charge is 2.56. The van der Waals surface area contributed by atoms with Gasteiger partial charge in [0, 0.05) is 27.7 Å². The van der Waals surface area contributed by atoms with Crippen molar-refractivity contribution in [1.82, 2.24) is 4.90 Å². The average Bonchev–Trinajstić information content (AvgIpc) is 3.16. The van der Waals surface area contributed by atoms with Gasteiger partial charge in [-0.1, -0.05) is 30.0 Å². The largest absolute Gasteiger partial charge is 0.493 e. The third-order valence-corrected chi connectivity index (χ3v) is 7.08. The van der Waals surface area contributed by atoms with Crippen molar-refractivity contribution in [2.45, 2.75) is 58.3 Å². The molecule has 0 bridgehead atoms. The second-order valence-corrected chi connectivity index (χ2v) is 10.4. The summed E-state index contributed by atoms with van der Waals surface area (Å²) in [5.41, 5.74) is 0.602. The zero-order chi connectivity index (χ0) is 30.4. The average molecular weight is 612 g/mol. The molecule has 2 aliphatic rings. The zero-order valence-electron chi connectivity index (χ0n) is 23.1. The normalized spacial score (nSPS) is 25.0. The standard InChI is InChI=1S/C26H29NO12S2/c1-12(28)35-11-19-21(36-13(2)29)22(37-14(3)30)23(38-15(4)31)25(39-19)27-24(32)20(41-26(27)40)10-16-7-8-17(33-5)18(9-16)34-6/h7-10,19,21-23,25H,11H2,1-6H3/b20-10+/t19-,21+,22-,23+,25-/m1/s1. The molecule has 3 rings (SSSR count). The molecular weight excluding hydrogens is 582 g/mol. The Labute approximate surface area is 245 Å². The summed E-state index contributed by atoms with van der Waals surface area (Å²) < 4.78 is 38.1. The zero-order valence-corrected chi connectivity index (χ0v) is 24.7. The fraction of sp³-hybridized carbons (Fsp3) is 0.462. The number of esters is 4. The third kappa shape index (κ3) is 7.74. The van der Waals surface area contributed by atoms with Gasteiger partial charge in [0.05, 0.1) is 19.1 Å². The van der Waals surface area contributed by atoms with Gasteiger partial charge in [-0.25, -0.2) is 0 Å². The van der Waals surface area contributed by atoms with Gasteiger partial charge >= 0.3 is 23.9 Å². The van der Waals surface area contributed by atoms with Gasteiger partial charge in [0.1, 0.15) is 12.7 Å². The molecule has 13 nitrogen and oxygen atoms in total. The highest BCUT2D eigenvalue weighted by atomic mass is 32.2. The topological polar surface area (TPSA) is 153 Å². The summed E-state index contributed by atoms with van der Waals surface area (Å²) in [5, 5.41) is 0. The van der Waals surface area contributed by atoms with Crippen LogP contribution in [0.15, 0.2) is 23.1 Å². The minimum atomic E-state index is -1.47. The van der Waals surface area contributed by atoms with Crippen LogP contribution in [0.1, 0.15) is 33.3 Å². The first-order valence-electron chi connectivity index (χ1n) is 12.2. The number of hydrogen-bond acceptors (Lipinski definition) is 14. The SMILES string of the molecule is COc1ccc(/C=C2/SC(=S)N([C@@H]3O[C@H](COC(C)=O)[C@H](OC(C)=O)[C@@H](OC(C)=O)[C@@H]3OC(C)=O)C2=O)cc1OC. The first-order valence-corrected chi connectivity index (χ1v) is 13.4. The molecule has 0 saturated carbocycles. The first-order chi connectivity index (χ1) is 19.4. The summed E-state index contributed by atoms with van der Waals surface area (Å²) in [7, 11) is 2.97. The Morgan fingerprint density at radius 2 is 1.49 bits per heavy atom. The van der Waals surface area contributed by atoms with Crippen LogP contribution in [0.4, 0.5) is 0 Å². The molecular formula is C26H29NO12S2. The monoisotopic (exact) mass is 611 g/mol. The molecule has 1 amide bonds. The summed E-state index contributed by atoms with van der Waals surface area (Å²) in [4.78, 5) is 62.7. The maximum absolute atomic E-state index is 13.7. The minimum absolute atomic E-state index is 0.0441. The Kier molecular flexibility index (Phi) is 10.7. The van der Waals surface area contributed by atoms with Gasteiger partial charge < -0.3 is 33.2 Å². The fourth-order valence-electron chi connectivity index (χ4n) is 4.21. The number of benzene rings is 1. The van der Waals surface area contributed by atoms with Crippen LogP contribution in [0.5, 0.6) is 11.5 Å². The van der Waals surface area contributed by atoms with Crippen LogP contribution in [0.3, 0.4) is 0 Å².